The lowest BCUT2D eigenvalue weighted by Gasteiger charge is -2.25. The van der Waals surface area contributed by atoms with Crippen molar-refractivity contribution in [3.05, 3.63) is 23.2 Å². The van der Waals surface area contributed by atoms with Crippen molar-refractivity contribution in [1.29, 1.82) is 0 Å². The lowest BCUT2D eigenvalue weighted by atomic mass is 10.1. The molecule has 0 aliphatic heterocycles. The fourth-order valence-corrected chi connectivity index (χ4v) is 2.84. The van der Waals surface area contributed by atoms with Crippen LogP contribution in [0.3, 0.4) is 0 Å². The molecule has 0 bridgehead atoms. The van der Waals surface area contributed by atoms with E-state index in [4.69, 9.17) is 4.42 Å². The smallest absolute Gasteiger partial charge is 0.118 e. The van der Waals surface area contributed by atoms with Crippen molar-refractivity contribution in [3.63, 3.8) is 0 Å². The molecule has 2 rings (SSSR count). The molecule has 1 aliphatic carbocycles. The second-order valence-electron chi connectivity index (χ2n) is 7.43. The third-order valence-electron chi connectivity index (χ3n) is 3.85. The van der Waals surface area contributed by atoms with Crippen LogP contribution in [0.25, 0.3) is 0 Å². The summed E-state index contributed by atoms with van der Waals surface area (Å²) in [4.78, 5) is 2.56. The van der Waals surface area contributed by atoms with Crippen molar-refractivity contribution in [1.82, 2.24) is 10.2 Å². The molecule has 1 aliphatic rings. The standard InChI is InChI=1S/C18H32N2O/c1-13(2)10-20(11-14(3)4)12-16-8-18(21-15(16)5)9-19-17-6-7-17/h8,13-14,17,19H,6-7,9-12H2,1-5H3. The first kappa shape index (κ1) is 16.6. The van der Waals surface area contributed by atoms with Gasteiger partial charge in [0.05, 0.1) is 6.54 Å². The van der Waals surface area contributed by atoms with Gasteiger partial charge in [-0.25, -0.2) is 0 Å². The van der Waals surface area contributed by atoms with Gasteiger partial charge in [-0.3, -0.25) is 4.90 Å². The minimum absolute atomic E-state index is 0.701. The van der Waals surface area contributed by atoms with Gasteiger partial charge in [-0.15, -0.1) is 0 Å². The van der Waals surface area contributed by atoms with E-state index in [1.165, 1.54) is 18.4 Å². The average molecular weight is 292 g/mol. The Morgan fingerprint density at radius 1 is 1.19 bits per heavy atom. The molecule has 0 atom stereocenters. The van der Waals surface area contributed by atoms with Crippen molar-refractivity contribution in [3.8, 4) is 0 Å². The molecule has 1 aromatic rings. The molecular formula is C18H32N2O. The van der Waals surface area contributed by atoms with Crippen molar-refractivity contribution in [2.45, 2.75) is 66.6 Å². The summed E-state index contributed by atoms with van der Waals surface area (Å²) >= 11 is 0. The van der Waals surface area contributed by atoms with Crippen LogP contribution in [-0.4, -0.2) is 24.0 Å². The Hall–Kier alpha value is -0.800. The maximum absolute atomic E-state index is 5.91. The Bertz CT molecular complexity index is 422. The number of hydrogen-bond acceptors (Lipinski definition) is 3. The van der Waals surface area contributed by atoms with E-state index in [1.54, 1.807) is 0 Å². The maximum Gasteiger partial charge on any atom is 0.118 e. The molecule has 120 valence electrons. The van der Waals surface area contributed by atoms with Crippen molar-refractivity contribution < 1.29 is 4.42 Å². The fourth-order valence-electron chi connectivity index (χ4n) is 2.84. The van der Waals surface area contributed by atoms with Gasteiger partial charge in [-0.05, 0) is 37.7 Å². The summed E-state index contributed by atoms with van der Waals surface area (Å²) in [6.45, 7) is 15.5. The third kappa shape index (κ3) is 5.84. The highest BCUT2D eigenvalue weighted by Crippen LogP contribution is 2.22. The van der Waals surface area contributed by atoms with Crippen LogP contribution in [-0.2, 0) is 13.1 Å². The summed E-state index contributed by atoms with van der Waals surface area (Å²) in [5.74, 6) is 3.57. The highest BCUT2D eigenvalue weighted by Gasteiger charge is 2.21. The Balaban J connectivity index is 1.94. The highest BCUT2D eigenvalue weighted by atomic mass is 16.3. The normalized spacial score (nSPS) is 15.6. The molecule has 0 aromatic carbocycles. The van der Waals surface area contributed by atoms with E-state index in [9.17, 15) is 0 Å². The Morgan fingerprint density at radius 2 is 1.81 bits per heavy atom. The predicted molar refractivity (Wildman–Crippen MR) is 88.3 cm³/mol. The number of furan rings is 1. The van der Waals surface area contributed by atoms with Gasteiger partial charge in [0.1, 0.15) is 11.5 Å². The van der Waals surface area contributed by atoms with Crippen LogP contribution >= 0.6 is 0 Å². The van der Waals surface area contributed by atoms with E-state index >= 15 is 0 Å². The van der Waals surface area contributed by atoms with Crippen molar-refractivity contribution in [2.24, 2.45) is 11.8 Å². The van der Waals surface area contributed by atoms with Gasteiger partial charge < -0.3 is 9.73 Å². The molecule has 0 unspecified atom stereocenters. The second-order valence-corrected chi connectivity index (χ2v) is 7.43. The molecule has 0 spiro atoms. The van der Waals surface area contributed by atoms with Crippen LogP contribution in [0, 0.1) is 18.8 Å². The van der Waals surface area contributed by atoms with Crippen LogP contribution < -0.4 is 5.32 Å². The molecule has 3 heteroatoms. The molecule has 1 saturated carbocycles. The first-order chi connectivity index (χ1) is 9.94. The van der Waals surface area contributed by atoms with E-state index in [1.807, 2.05) is 0 Å². The average Bonchev–Trinajstić information content (AvgIpc) is 3.11. The van der Waals surface area contributed by atoms with Gasteiger partial charge in [-0.1, -0.05) is 27.7 Å². The van der Waals surface area contributed by atoms with Crippen molar-refractivity contribution in [2.75, 3.05) is 13.1 Å². The maximum atomic E-state index is 5.91. The molecular weight excluding hydrogens is 260 g/mol. The van der Waals surface area contributed by atoms with Gasteiger partial charge in [0, 0.05) is 31.2 Å². The van der Waals surface area contributed by atoms with E-state index in [2.05, 4.69) is 50.9 Å². The molecule has 1 aromatic heterocycles. The van der Waals surface area contributed by atoms with Gasteiger partial charge in [0.2, 0.25) is 0 Å². The largest absolute Gasteiger partial charge is 0.465 e. The highest BCUT2D eigenvalue weighted by molar-refractivity contribution is 5.21. The van der Waals surface area contributed by atoms with Gasteiger partial charge in [0.15, 0.2) is 0 Å². The fraction of sp³-hybridized carbons (Fsp3) is 0.778. The SMILES string of the molecule is Cc1oc(CNC2CC2)cc1CN(CC(C)C)CC(C)C. The molecule has 0 saturated heterocycles. The molecule has 3 nitrogen and oxygen atoms in total. The number of nitrogens with zero attached hydrogens (tertiary/aromatic N) is 1. The molecule has 21 heavy (non-hydrogen) atoms. The molecule has 1 heterocycles. The summed E-state index contributed by atoms with van der Waals surface area (Å²) in [7, 11) is 0. The minimum Gasteiger partial charge on any atom is -0.465 e. The van der Waals surface area contributed by atoms with Gasteiger partial charge in [-0.2, -0.15) is 0 Å². The van der Waals surface area contributed by atoms with Crippen LogP contribution in [0.2, 0.25) is 0 Å². The monoisotopic (exact) mass is 292 g/mol. The number of rotatable bonds is 9. The van der Waals surface area contributed by atoms with Crippen LogP contribution in [0.4, 0.5) is 0 Å². The molecule has 1 fully saturated rings. The predicted octanol–water partition coefficient (Wildman–Crippen LogP) is 3.95. The summed E-state index contributed by atoms with van der Waals surface area (Å²) in [5.41, 5.74) is 1.35. The van der Waals surface area contributed by atoms with Gasteiger partial charge >= 0.3 is 0 Å². The Kier molecular flexibility index (Phi) is 5.88. The molecule has 0 radical (unpaired) electrons. The van der Waals surface area contributed by atoms with E-state index < -0.39 is 0 Å². The Labute approximate surface area is 130 Å². The summed E-state index contributed by atoms with van der Waals surface area (Å²) in [5, 5.41) is 3.52. The van der Waals surface area contributed by atoms with Crippen molar-refractivity contribution >= 4 is 0 Å². The summed E-state index contributed by atoms with van der Waals surface area (Å²) in [6.07, 6.45) is 2.65. The number of hydrogen-bond donors (Lipinski definition) is 1. The lowest BCUT2D eigenvalue weighted by Crippen LogP contribution is -2.31. The first-order valence-electron chi connectivity index (χ1n) is 8.48. The zero-order valence-corrected chi connectivity index (χ0v) is 14.4. The zero-order chi connectivity index (χ0) is 15.4. The quantitative estimate of drug-likeness (QED) is 0.747. The summed E-state index contributed by atoms with van der Waals surface area (Å²) < 4.78 is 5.91. The number of nitrogens with one attached hydrogen (secondary N) is 1. The topological polar surface area (TPSA) is 28.4 Å². The lowest BCUT2D eigenvalue weighted by molar-refractivity contribution is 0.210. The van der Waals surface area contributed by atoms with Crippen LogP contribution in [0.1, 0.15) is 57.6 Å². The van der Waals surface area contributed by atoms with E-state index in [0.717, 1.165) is 43.7 Å². The van der Waals surface area contributed by atoms with Gasteiger partial charge in [0.25, 0.3) is 0 Å². The van der Waals surface area contributed by atoms with E-state index in [0.29, 0.717) is 11.8 Å². The molecule has 1 N–H and O–H groups in total. The summed E-state index contributed by atoms with van der Waals surface area (Å²) in [6, 6.07) is 2.98. The molecule has 0 amide bonds. The number of aryl methyl sites for hydroxylation is 1. The zero-order valence-electron chi connectivity index (χ0n) is 14.4. The minimum atomic E-state index is 0.701. The van der Waals surface area contributed by atoms with Crippen LogP contribution in [0.5, 0.6) is 0 Å². The Morgan fingerprint density at radius 3 is 2.33 bits per heavy atom. The second kappa shape index (κ2) is 7.46. The van der Waals surface area contributed by atoms with E-state index in [-0.39, 0.29) is 0 Å². The van der Waals surface area contributed by atoms with Crippen LogP contribution in [0.15, 0.2) is 10.5 Å². The third-order valence-corrected chi connectivity index (χ3v) is 3.85. The first-order valence-corrected chi connectivity index (χ1v) is 8.48.